The Morgan fingerprint density at radius 1 is 1.28 bits per heavy atom. The SMILES string of the molecule is Cc1nc(CSc2ccc(C(=O)OCC(=O)N(C)C(C)C)cc2)cs1. The number of hydrogen-bond acceptors (Lipinski definition) is 6. The zero-order valence-corrected chi connectivity index (χ0v) is 16.4. The van der Waals surface area contributed by atoms with Crippen LogP contribution in [-0.4, -0.2) is 41.5 Å². The van der Waals surface area contributed by atoms with Gasteiger partial charge in [-0.15, -0.1) is 23.1 Å². The van der Waals surface area contributed by atoms with E-state index < -0.39 is 5.97 Å². The van der Waals surface area contributed by atoms with Gasteiger partial charge in [0.15, 0.2) is 6.61 Å². The lowest BCUT2D eigenvalue weighted by molar-refractivity contribution is -0.134. The molecule has 2 rings (SSSR count). The number of thioether (sulfide) groups is 1. The summed E-state index contributed by atoms with van der Waals surface area (Å²) >= 11 is 3.30. The maximum atomic E-state index is 12.0. The highest BCUT2D eigenvalue weighted by Crippen LogP contribution is 2.24. The van der Waals surface area contributed by atoms with Crippen LogP contribution >= 0.6 is 23.1 Å². The third kappa shape index (κ3) is 5.86. The van der Waals surface area contributed by atoms with Crippen LogP contribution in [0.3, 0.4) is 0 Å². The highest BCUT2D eigenvalue weighted by molar-refractivity contribution is 7.98. The maximum absolute atomic E-state index is 12.0. The number of aromatic nitrogens is 1. The van der Waals surface area contributed by atoms with Gasteiger partial charge in [0, 0.05) is 29.1 Å². The summed E-state index contributed by atoms with van der Waals surface area (Å²) in [7, 11) is 1.69. The van der Waals surface area contributed by atoms with Crippen molar-refractivity contribution in [2.24, 2.45) is 0 Å². The first-order valence-electron chi connectivity index (χ1n) is 7.93. The molecule has 0 bridgehead atoms. The van der Waals surface area contributed by atoms with Gasteiger partial charge in [0.25, 0.3) is 5.91 Å². The third-order valence-electron chi connectivity index (χ3n) is 3.64. The fourth-order valence-corrected chi connectivity index (χ4v) is 3.43. The number of thiazole rings is 1. The van der Waals surface area contributed by atoms with E-state index in [1.165, 1.54) is 0 Å². The van der Waals surface area contributed by atoms with Crippen molar-refractivity contribution >= 4 is 35.0 Å². The van der Waals surface area contributed by atoms with Crippen LogP contribution in [0.2, 0.25) is 0 Å². The summed E-state index contributed by atoms with van der Waals surface area (Å²) in [5.41, 5.74) is 1.50. The average molecular weight is 379 g/mol. The molecule has 1 amide bonds. The number of esters is 1. The molecule has 0 N–H and O–H groups in total. The number of ether oxygens (including phenoxy) is 1. The van der Waals surface area contributed by atoms with E-state index >= 15 is 0 Å². The molecule has 0 saturated heterocycles. The van der Waals surface area contributed by atoms with Crippen LogP contribution in [0.4, 0.5) is 0 Å². The molecular weight excluding hydrogens is 356 g/mol. The van der Waals surface area contributed by atoms with Crippen LogP contribution < -0.4 is 0 Å². The molecule has 1 heterocycles. The van der Waals surface area contributed by atoms with Gasteiger partial charge in [-0.3, -0.25) is 4.79 Å². The number of amides is 1. The van der Waals surface area contributed by atoms with Crippen molar-refractivity contribution in [3.8, 4) is 0 Å². The fourth-order valence-electron chi connectivity index (χ4n) is 1.92. The largest absolute Gasteiger partial charge is 0.452 e. The van der Waals surface area contributed by atoms with Gasteiger partial charge in [-0.2, -0.15) is 0 Å². The van der Waals surface area contributed by atoms with Crippen molar-refractivity contribution in [3.63, 3.8) is 0 Å². The Hall–Kier alpha value is -1.86. The van der Waals surface area contributed by atoms with Gasteiger partial charge in [-0.25, -0.2) is 9.78 Å². The number of aryl methyl sites for hydroxylation is 1. The second kappa shape index (κ2) is 9.01. The number of rotatable bonds is 7. The summed E-state index contributed by atoms with van der Waals surface area (Å²) < 4.78 is 5.09. The second-order valence-electron chi connectivity index (χ2n) is 5.85. The van der Waals surface area contributed by atoms with Crippen LogP contribution in [0.15, 0.2) is 34.5 Å². The highest BCUT2D eigenvalue weighted by atomic mass is 32.2. The Labute approximate surface area is 156 Å². The zero-order chi connectivity index (χ0) is 18.4. The molecule has 0 unspecified atom stereocenters. The molecule has 0 radical (unpaired) electrons. The zero-order valence-electron chi connectivity index (χ0n) is 14.8. The maximum Gasteiger partial charge on any atom is 0.338 e. The van der Waals surface area contributed by atoms with E-state index in [2.05, 4.69) is 10.4 Å². The van der Waals surface area contributed by atoms with E-state index in [1.807, 2.05) is 32.9 Å². The lowest BCUT2D eigenvalue weighted by Gasteiger charge is -2.21. The van der Waals surface area contributed by atoms with Gasteiger partial charge < -0.3 is 9.64 Å². The molecule has 0 aliphatic rings. The predicted octanol–water partition coefficient (Wildman–Crippen LogP) is 3.77. The topological polar surface area (TPSA) is 59.5 Å². The molecule has 25 heavy (non-hydrogen) atoms. The molecule has 0 fully saturated rings. The van der Waals surface area contributed by atoms with E-state index in [9.17, 15) is 9.59 Å². The smallest absolute Gasteiger partial charge is 0.338 e. The summed E-state index contributed by atoms with van der Waals surface area (Å²) in [5.74, 6) is 0.0933. The highest BCUT2D eigenvalue weighted by Gasteiger charge is 2.15. The molecule has 0 spiro atoms. The van der Waals surface area contributed by atoms with Gasteiger partial charge in [0.2, 0.25) is 0 Å². The van der Waals surface area contributed by atoms with Crippen LogP contribution in [0, 0.1) is 6.92 Å². The minimum absolute atomic E-state index is 0.0732. The minimum Gasteiger partial charge on any atom is -0.452 e. The number of hydrogen-bond donors (Lipinski definition) is 0. The van der Waals surface area contributed by atoms with E-state index in [4.69, 9.17) is 4.74 Å². The molecule has 7 heteroatoms. The van der Waals surface area contributed by atoms with Crippen molar-refractivity contribution in [1.82, 2.24) is 9.88 Å². The van der Waals surface area contributed by atoms with E-state index in [0.717, 1.165) is 21.3 Å². The van der Waals surface area contributed by atoms with E-state index in [1.54, 1.807) is 47.2 Å². The van der Waals surface area contributed by atoms with Crippen molar-refractivity contribution in [2.75, 3.05) is 13.7 Å². The Bertz CT molecular complexity index is 726. The van der Waals surface area contributed by atoms with Gasteiger partial charge >= 0.3 is 5.97 Å². The molecule has 1 aromatic heterocycles. The van der Waals surface area contributed by atoms with Crippen molar-refractivity contribution in [1.29, 1.82) is 0 Å². The molecule has 0 saturated carbocycles. The monoisotopic (exact) mass is 378 g/mol. The first-order chi connectivity index (χ1) is 11.9. The van der Waals surface area contributed by atoms with Gasteiger partial charge in [0.1, 0.15) is 0 Å². The van der Waals surface area contributed by atoms with Crippen molar-refractivity contribution in [3.05, 3.63) is 45.9 Å². The Balaban J connectivity index is 1.84. The molecule has 1 aromatic carbocycles. The van der Waals surface area contributed by atoms with Gasteiger partial charge in [-0.1, -0.05) is 0 Å². The van der Waals surface area contributed by atoms with Gasteiger partial charge in [0.05, 0.1) is 16.3 Å². The number of benzene rings is 1. The third-order valence-corrected chi connectivity index (χ3v) is 5.51. The summed E-state index contributed by atoms with van der Waals surface area (Å²) in [5, 5.41) is 3.12. The molecule has 0 aliphatic carbocycles. The van der Waals surface area contributed by atoms with Crippen LogP contribution in [-0.2, 0) is 15.3 Å². The Morgan fingerprint density at radius 3 is 2.52 bits per heavy atom. The predicted molar refractivity (Wildman–Crippen MR) is 101 cm³/mol. The molecule has 0 atom stereocenters. The summed E-state index contributed by atoms with van der Waals surface area (Å²) in [6.45, 7) is 5.56. The minimum atomic E-state index is -0.489. The van der Waals surface area contributed by atoms with Crippen LogP contribution in [0.25, 0.3) is 0 Å². The normalized spacial score (nSPS) is 10.8. The molecular formula is C18H22N2O3S2. The van der Waals surface area contributed by atoms with Gasteiger partial charge in [-0.05, 0) is 45.0 Å². The summed E-state index contributed by atoms with van der Waals surface area (Å²) in [4.78, 5) is 30.9. The van der Waals surface area contributed by atoms with E-state index in [0.29, 0.717) is 5.56 Å². The first kappa shape index (κ1) is 19.5. The molecule has 2 aromatic rings. The fraction of sp³-hybridized carbons (Fsp3) is 0.389. The van der Waals surface area contributed by atoms with Crippen LogP contribution in [0.5, 0.6) is 0 Å². The summed E-state index contributed by atoms with van der Waals surface area (Å²) in [6, 6.07) is 7.26. The lowest BCUT2D eigenvalue weighted by Crippen LogP contribution is -2.36. The van der Waals surface area contributed by atoms with E-state index in [-0.39, 0.29) is 18.6 Å². The first-order valence-corrected chi connectivity index (χ1v) is 9.80. The Morgan fingerprint density at radius 2 is 1.96 bits per heavy atom. The Kier molecular flexibility index (Phi) is 7.01. The van der Waals surface area contributed by atoms with Crippen molar-refractivity contribution < 1.29 is 14.3 Å². The molecule has 0 aliphatic heterocycles. The van der Waals surface area contributed by atoms with Crippen LogP contribution in [0.1, 0.15) is 34.9 Å². The number of carbonyl (C=O) groups is 2. The standard InChI is InChI=1S/C18H22N2O3S2/c1-12(2)20(4)17(21)9-23-18(22)14-5-7-16(8-6-14)25-11-15-10-24-13(3)19-15/h5-8,10,12H,9,11H2,1-4H3. The molecule has 134 valence electrons. The number of carbonyl (C=O) groups excluding carboxylic acids is 2. The lowest BCUT2D eigenvalue weighted by atomic mass is 10.2. The number of nitrogens with zero attached hydrogens (tertiary/aromatic N) is 2. The summed E-state index contributed by atoms with van der Waals surface area (Å²) in [6.07, 6.45) is 0. The quantitative estimate of drug-likeness (QED) is 0.542. The number of likely N-dealkylation sites (N-methyl/N-ethyl adjacent to an activating group) is 1. The second-order valence-corrected chi connectivity index (χ2v) is 7.96. The molecule has 5 nitrogen and oxygen atoms in total. The van der Waals surface area contributed by atoms with Crippen molar-refractivity contribution in [2.45, 2.75) is 37.5 Å². The average Bonchev–Trinajstić information content (AvgIpc) is 3.02.